The van der Waals surface area contributed by atoms with Gasteiger partial charge in [0.2, 0.25) is 0 Å². The maximum Gasteiger partial charge on any atom is 0.146 e. The minimum atomic E-state index is 0.538. The number of aryl methyl sites for hydroxylation is 1. The fourth-order valence-corrected chi connectivity index (χ4v) is 2.41. The first-order valence-electron chi connectivity index (χ1n) is 7.75. The highest BCUT2D eigenvalue weighted by Crippen LogP contribution is 2.39. The van der Waals surface area contributed by atoms with Gasteiger partial charge in [-0.25, -0.2) is 15.0 Å². The van der Waals surface area contributed by atoms with Crippen molar-refractivity contribution >= 4 is 5.82 Å². The molecule has 0 amide bonds. The Morgan fingerprint density at radius 2 is 2.00 bits per heavy atom. The lowest BCUT2D eigenvalue weighted by Crippen LogP contribution is -2.12. The van der Waals surface area contributed by atoms with Gasteiger partial charge in [-0.2, -0.15) is 0 Å². The summed E-state index contributed by atoms with van der Waals surface area (Å²) in [6.45, 7) is 9.29. The van der Waals surface area contributed by atoms with E-state index in [-0.39, 0.29) is 0 Å². The number of anilines is 1. The second kappa shape index (κ2) is 5.47. The average molecular weight is 285 g/mol. The Morgan fingerprint density at radius 3 is 2.57 bits per heavy atom. The molecular weight excluding hydrogens is 262 g/mol. The Morgan fingerprint density at radius 1 is 1.24 bits per heavy atom. The molecule has 5 heteroatoms. The van der Waals surface area contributed by atoms with Crippen LogP contribution in [0.3, 0.4) is 0 Å². The molecule has 2 aromatic heterocycles. The van der Waals surface area contributed by atoms with Crippen LogP contribution < -0.4 is 5.32 Å². The monoisotopic (exact) mass is 285 g/mol. The van der Waals surface area contributed by atoms with Gasteiger partial charge >= 0.3 is 0 Å². The second-order valence-electron chi connectivity index (χ2n) is 5.87. The third-order valence-electron chi connectivity index (χ3n) is 4.10. The van der Waals surface area contributed by atoms with Gasteiger partial charge in [-0.3, -0.25) is 4.57 Å². The van der Waals surface area contributed by atoms with E-state index in [9.17, 15) is 0 Å². The molecule has 21 heavy (non-hydrogen) atoms. The van der Waals surface area contributed by atoms with E-state index in [0.29, 0.717) is 5.92 Å². The van der Waals surface area contributed by atoms with Crippen LogP contribution in [0.15, 0.2) is 6.33 Å². The number of hydrogen-bond donors (Lipinski definition) is 1. The van der Waals surface area contributed by atoms with Crippen LogP contribution in [0.25, 0.3) is 5.82 Å². The summed E-state index contributed by atoms with van der Waals surface area (Å²) in [6, 6.07) is 0. The van der Waals surface area contributed by atoms with Gasteiger partial charge in [0, 0.05) is 23.7 Å². The molecular formula is C16H23N5. The third kappa shape index (κ3) is 2.64. The first-order chi connectivity index (χ1) is 10.1. The van der Waals surface area contributed by atoms with E-state index in [1.807, 2.05) is 13.3 Å². The van der Waals surface area contributed by atoms with Crippen molar-refractivity contribution in [1.82, 2.24) is 19.5 Å². The molecule has 1 fully saturated rings. The molecule has 2 aromatic rings. The lowest BCUT2D eigenvalue weighted by Gasteiger charge is -2.15. The zero-order chi connectivity index (χ0) is 15.0. The molecule has 1 N–H and O–H groups in total. The number of imidazole rings is 1. The molecule has 0 bridgehead atoms. The molecule has 1 aliphatic carbocycles. The highest BCUT2D eigenvalue weighted by atomic mass is 15.2. The number of hydrogen-bond acceptors (Lipinski definition) is 4. The van der Waals surface area contributed by atoms with E-state index < -0.39 is 0 Å². The number of nitrogens with one attached hydrogen (secondary N) is 1. The molecule has 0 spiro atoms. The molecule has 0 aliphatic heterocycles. The van der Waals surface area contributed by atoms with Gasteiger partial charge in [0.25, 0.3) is 0 Å². The van der Waals surface area contributed by atoms with E-state index in [1.165, 1.54) is 12.8 Å². The molecule has 0 saturated heterocycles. The summed E-state index contributed by atoms with van der Waals surface area (Å²) >= 11 is 0. The van der Waals surface area contributed by atoms with Gasteiger partial charge in [0.1, 0.15) is 23.8 Å². The van der Waals surface area contributed by atoms with Gasteiger partial charge in [0.05, 0.1) is 5.69 Å². The fraction of sp³-hybridized carbons (Fsp3) is 0.562. The minimum absolute atomic E-state index is 0.538. The summed E-state index contributed by atoms with van der Waals surface area (Å²) in [5.41, 5.74) is 3.28. The number of rotatable bonds is 5. The van der Waals surface area contributed by atoms with E-state index in [4.69, 9.17) is 9.97 Å². The Bertz CT molecular complexity index is 655. The van der Waals surface area contributed by atoms with Crippen molar-refractivity contribution in [2.75, 3.05) is 11.9 Å². The van der Waals surface area contributed by atoms with Crippen LogP contribution in [0.1, 0.15) is 54.9 Å². The summed E-state index contributed by atoms with van der Waals surface area (Å²) in [5, 5.41) is 3.44. The van der Waals surface area contributed by atoms with Gasteiger partial charge in [-0.1, -0.05) is 6.92 Å². The Hall–Kier alpha value is -1.91. The van der Waals surface area contributed by atoms with Gasteiger partial charge in [-0.15, -0.1) is 0 Å². The molecule has 1 saturated carbocycles. The lowest BCUT2D eigenvalue weighted by molar-refractivity contribution is 0.847. The summed E-state index contributed by atoms with van der Waals surface area (Å²) in [6.07, 6.45) is 5.36. The average Bonchev–Trinajstić information content (AvgIpc) is 3.27. The van der Waals surface area contributed by atoms with Crippen LogP contribution in [0.4, 0.5) is 5.82 Å². The number of nitrogens with zero attached hydrogens (tertiary/aromatic N) is 4. The Balaban J connectivity index is 2.09. The van der Waals surface area contributed by atoms with Crippen LogP contribution in [0, 0.1) is 20.8 Å². The fourth-order valence-electron chi connectivity index (χ4n) is 2.41. The predicted octanol–water partition coefficient (Wildman–Crippen LogP) is 3.29. The van der Waals surface area contributed by atoms with Crippen molar-refractivity contribution in [1.29, 1.82) is 0 Å². The summed E-state index contributed by atoms with van der Waals surface area (Å²) in [4.78, 5) is 14.0. The normalized spacial score (nSPS) is 14.5. The number of aromatic nitrogens is 4. The SMILES string of the molecule is CCCNc1nc(C2CC2)nc(-n2cnc(C)c2C)c1C. The van der Waals surface area contributed by atoms with E-state index in [1.54, 1.807) is 0 Å². The van der Waals surface area contributed by atoms with Crippen LogP contribution in [0.5, 0.6) is 0 Å². The summed E-state index contributed by atoms with van der Waals surface area (Å²) < 4.78 is 2.08. The van der Waals surface area contributed by atoms with Gasteiger partial charge < -0.3 is 5.32 Å². The molecule has 0 radical (unpaired) electrons. The molecule has 0 atom stereocenters. The molecule has 5 nitrogen and oxygen atoms in total. The second-order valence-corrected chi connectivity index (χ2v) is 5.87. The van der Waals surface area contributed by atoms with Crippen molar-refractivity contribution < 1.29 is 0 Å². The van der Waals surface area contributed by atoms with Crippen LogP contribution in [-0.4, -0.2) is 26.1 Å². The molecule has 1 aliphatic rings. The predicted molar refractivity (Wildman–Crippen MR) is 84.1 cm³/mol. The molecule has 0 aromatic carbocycles. The zero-order valence-corrected chi connectivity index (χ0v) is 13.3. The summed E-state index contributed by atoms with van der Waals surface area (Å²) in [5.74, 6) is 3.44. The smallest absolute Gasteiger partial charge is 0.146 e. The zero-order valence-electron chi connectivity index (χ0n) is 13.3. The van der Waals surface area contributed by atoms with Crippen LogP contribution >= 0.6 is 0 Å². The first-order valence-corrected chi connectivity index (χ1v) is 7.75. The molecule has 112 valence electrons. The molecule has 0 unspecified atom stereocenters. The lowest BCUT2D eigenvalue weighted by atomic mass is 10.2. The van der Waals surface area contributed by atoms with E-state index in [2.05, 4.69) is 35.6 Å². The standard InChI is InChI=1S/C16H23N5/c1-5-8-17-14-10(2)16(20-15(19-14)13-6-7-13)21-9-18-11(3)12(21)4/h9,13H,5-8H2,1-4H3,(H,17,19,20). The van der Waals surface area contributed by atoms with Crippen LogP contribution in [0.2, 0.25) is 0 Å². The van der Waals surface area contributed by atoms with Crippen molar-refractivity contribution in [3.63, 3.8) is 0 Å². The maximum absolute atomic E-state index is 4.82. The molecule has 2 heterocycles. The quantitative estimate of drug-likeness (QED) is 0.916. The highest BCUT2D eigenvalue weighted by Gasteiger charge is 2.28. The van der Waals surface area contributed by atoms with Crippen molar-refractivity contribution in [2.24, 2.45) is 0 Å². The maximum atomic E-state index is 4.82. The Kier molecular flexibility index (Phi) is 3.66. The summed E-state index contributed by atoms with van der Waals surface area (Å²) in [7, 11) is 0. The largest absolute Gasteiger partial charge is 0.370 e. The van der Waals surface area contributed by atoms with Crippen LogP contribution in [-0.2, 0) is 0 Å². The highest BCUT2D eigenvalue weighted by molar-refractivity contribution is 5.53. The van der Waals surface area contributed by atoms with Crippen molar-refractivity contribution in [2.45, 2.75) is 52.9 Å². The van der Waals surface area contributed by atoms with Crippen molar-refractivity contribution in [3.8, 4) is 5.82 Å². The van der Waals surface area contributed by atoms with Gasteiger partial charge in [-0.05, 0) is 40.0 Å². The first kappa shape index (κ1) is 14.0. The van der Waals surface area contributed by atoms with Crippen molar-refractivity contribution in [3.05, 3.63) is 29.1 Å². The topological polar surface area (TPSA) is 55.6 Å². The van der Waals surface area contributed by atoms with Gasteiger partial charge in [0.15, 0.2) is 0 Å². The third-order valence-corrected chi connectivity index (χ3v) is 4.10. The molecule has 3 rings (SSSR count). The Labute approximate surface area is 125 Å². The minimum Gasteiger partial charge on any atom is -0.370 e. The van der Waals surface area contributed by atoms with E-state index >= 15 is 0 Å². The van der Waals surface area contributed by atoms with E-state index in [0.717, 1.165) is 47.4 Å².